The van der Waals surface area contributed by atoms with Crippen LogP contribution in [0.2, 0.25) is 5.28 Å². The van der Waals surface area contributed by atoms with Crippen molar-refractivity contribution in [2.75, 3.05) is 27.2 Å². The molecule has 0 aliphatic carbocycles. The molecule has 20 heavy (non-hydrogen) atoms. The molecule has 106 valence electrons. The van der Waals surface area contributed by atoms with Crippen LogP contribution in [0.1, 0.15) is 5.56 Å². The Hall–Kier alpha value is -1.49. The number of halogens is 1. The first kappa shape index (κ1) is 14.9. The summed E-state index contributed by atoms with van der Waals surface area (Å²) in [6.45, 7) is 2.91. The van der Waals surface area contributed by atoms with Crippen molar-refractivity contribution in [2.24, 2.45) is 0 Å². The summed E-state index contributed by atoms with van der Waals surface area (Å²) in [5, 5.41) is 3.43. The van der Waals surface area contributed by atoms with Gasteiger partial charge >= 0.3 is 0 Å². The summed E-state index contributed by atoms with van der Waals surface area (Å²) in [6, 6.07) is 10.2. The number of benzene rings is 1. The average molecular weight is 291 g/mol. The Balaban J connectivity index is 2.12. The van der Waals surface area contributed by atoms with Gasteiger partial charge in [0.25, 0.3) is 0 Å². The van der Waals surface area contributed by atoms with Gasteiger partial charge in [-0.3, -0.25) is 0 Å². The van der Waals surface area contributed by atoms with Gasteiger partial charge < -0.3 is 10.2 Å². The van der Waals surface area contributed by atoms with Crippen molar-refractivity contribution in [1.82, 2.24) is 20.2 Å². The fourth-order valence-electron chi connectivity index (χ4n) is 2.02. The summed E-state index contributed by atoms with van der Waals surface area (Å²) in [5.41, 5.74) is 3.18. The molecular weight excluding hydrogens is 272 g/mol. The van der Waals surface area contributed by atoms with Crippen LogP contribution in [0.5, 0.6) is 0 Å². The van der Waals surface area contributed by atoms with Crippen molar-refractivity contribution in [3.8, 4) is 11.3 Å². The molecule has 2 rings (SSSR count). The number of rotatable bonds is 6. The standard InChI is InChI=1S/C15H19ClN4/c1-17-8-9-20(2)11-12-4-3-5-13(10-12)14-6-7-18-15(16)19-14/h3-7,10,17H,8-9,11H2,1-2H3. The molecule has 0 spiro atoms. The van der Waals surface area contributed by atoms with E-state index in [9.17, 15) is 0 Å². The Morgan fingerprint density at radius 1 is 1.30 bits per heavy atom. The summed E-state index contributed by atoms with van der Waals surface area (Å²) < 4.78 is 0. The minimum Gasteiger partial charge on any atom is -0.318 e. The van der Waals surface area contributed by atoms with Crippen molar-refractivity contribution in [3.05, 3.63) is 47.4 Å². The van der Waals surface area contributed by atoms with Gasteiger partial charge in [-0.2, -0.15) is 0 Å². The number of hydrogen-bond acceptors (Lipinski definition) is 4. The monoisotopic (exact) mass is 290 g/mol. The second-order valence-electron chi connectivity index (χ2n) is 4.75. The quantitative estimate of drug-likeness (QED) is 0.830. The van der Waals surface area contributed by atoms with E-state index in [2.05, 4.69) is 39.4 Å². The van der Waals surface area contributed by atoms with Crippen LogP contribution in [0.3, 0.4) is 0 Å². The molecule has 0 aliphatic heterocycles. The van der Waals surface area contributed by atoms with Gasteiger partial charge in [-0.25, -0.2) is 9.97 Å². The second kappa shape index (κ2) is 7.33. The van der Waals surface area contributed by atoms with Crippen molar-refractivity contribution >= 4 is 11.6 Å². The zero-order valence-corrected chi connectivity index (χ0v) is 12.6. The van der Waals surface area contributed by atoms with Gasteiger partial charge in [0.1, 0.15) is 0 Å². The van der Waals surface area contributed by atoms with Gasteiger partial charge in [-0.15, -0.1) is 0 Å². The smallest absolute Gasteiger partial charge is 0.222 e. The molecule has 0 saturated heterocycles. The lowest BCUT2D eigenvalue weighted by Gasteiger charge is -2.16. The molecule has 1 heterocycles. The molecule has 0 aliphatic rings. The Bertz CT molecular complexity index is 559. The van der Waals surface area contributed by atoms with Gasteiger partial charge in [-0.05, 0) is 43.4 Å². The maximum atomic E-state index is 5.84. The van der Waals surface area contributed by atoms with Crippen LogP contribution in [-0.4, -0.2) is 42.1 Å². The molecular formula is C15H19ClN4. The molecule has 1 aromatic carbocycles. The normalized spacial score (nSPS) is 11.0. The lowest BCUT2D eigenvalue weighted by atomic mass is 10.1. The molecule has 2 aromatic rings. The van der Waals surface area contributed by atoms with Crippen LogP contribution in [0, 0.1) is 0 Å². The summed E-state index contributed by atoms with van der Waals surface area (Å²) in [5.74, 6) is 0. The minimum atomic E-state index is 0.277. The van der Waals surface area contributed by atoms with Crippen molar-refractivity contribution in [2.45, 2.75) is 6.54 Å². The fourth-order valence-corrected chi connectivity index (χ4v) is 2.17. The second-order valence-corrected chi connectivity index (χ2v) is 5.09. The van der Waals surface area contributed by atoms with Crippen molar-refractivity contribution < 1.29 is 0 Å². The van der Waals surface area contributed by atoms with E-state index >= 15 is 0 Å². The molecule has 0 saturated carbocycles. The largest absolute Gasteiger partial charge is 0.318 e. The molecule has 0 radical (unpaired) electrons. The summed E-state index contributed by atoms with van der Waals surface area (Å²) in [7, 11) is 4.08. The van der Waals surface area contributed by atoms with E-state index in [0.717, 1.165) is 30.9 Å². The van der Waals surface area contributed by atoms with Gasteiger partial charge in [-0.1, -0.05) is 18.2 Å². The molecule has 4 nitrogen and oxygen atoms in total. The van der Waals surface area contributed by atoms with Crippen LogP contribution in [0.25, 0.3) is 11.3 Å². The summed E-state index contributed by atoms with van der Waals surface area (Å²) >= 11 is 5.84. The van der Waals surface area contributed by atoms with Gasteiger partial charge in [0, 0.05) is 31.4 Å². The van der Waals surface area contributed by atoms with Gasteiger partial charge in [0.05, 0.1) is 5.69 Å². The number of likely N-dealkylation sites (N-methyl/N-ethyl adjacent to an activating group) is 2. The Labute approximate surface area is 124 Å². The highest BCUT2D eigenvalue weighted by Gasteiger charge is 2.04. The van der Waals surface area contributed by atoms with E-state index in [-0.39, 0.29) is 5.28 Å². The fraction of sp³-hybridized carbons (Fsp3) is 0.333. The highest BCUT2D eigenvalue weighted by Crippen LogP contribution is 2.19. The van der Waals surface area contributed by atoms with Gasteiger partial charge in [0.2, 0.25) is 5.28 Å². The van der Waals surface area contributed by atoms with E-state index < -0.39 is 0 Å². The summed E-state index contributed by atoms with van der Waals surface area (Å²) in [4.78, 5) is 10.4. The molecule has 0 fully saturated rings. The molecule has 1 N–H and O–H groups in total. The average Bonchev–Trinajstić information content (AvgIpc) is 2.45. The highest BCUT2D eigenvalue weighted by molar-refractivity contribution is 6.28. The number of hydrogen-bond donors (Lipinski definition) is 1. The van der Waals surface area contributed by atoms with Crippen LogP contribution in [-0.2, 0) is 6.54 Å². The predicted molar refractivity (Wildman–Crippen MR) is 82.7 cm³/mol. The van der Waals surface area contributed by atoms with E-state index in [4.69, 9.17) is 11.6 Å². The van der Waals surface area contributed by atoms with E-state index in [1.54, 1.807) is 6.20 Å². The molecule has 0 bridgehead atoms. The Morgan fingerprint density at radius 2 is 2.15 bits per heavy atom. The zero-order chi connectivity index (χ0) is 14.4. The predicted octanol–water partition coefficient (Wildman–Crippen LogP) is 2.45. The first-order chi connectivity index (χ1) is 9.69. The molecule has 0 unspecified atom stereocenters. The lowest BCUT2D eigenvalue weighted by molar-refractivity contribution is 0.328. The molecule has 1 aromatic heterocycles. The van der Waals surface area contributed by atoms with Crippen molar-refractivity contribution in [3.63, 3.8) is 0 Å². The molecule has 5 heteroatoms. The SMILES string of the molecule is CNCCN(C)Cc1cccc(-c2ccnc(Cl)n2)c1. The van der Waals surface area contributed by atoms with E-state index in [1.807, 2.05) is 25.2 Å². The third kappa shape index (κ3) is 4.27. The number of nitrogens with one attached hydrogen (secondary N) is 1. The zero-order valence-electron chi connectivity index (χ0n) is 11.8. The van der Waals surface area contributed by atoms with Crippen LogP contribution in [0.4, 0.5) is 0 Å². The minimum absolute atomic E-state index is 0.277. The highest BCUT2D eigenvalue weighted by atomic mass is 35.5. The Kier molecular flexibility index (Phi) is 5.47. The number of aromatic nitrogens is 2. The summed E-state index contributed by atoms with van der Waals surface area (Å²) in [6.07, 6.45) is 1.68. The van der Waals surface area contributed by atoms with Crippen LogP contribution >= 0.6 is 11.6 Å². The van der Waals surface area contributed by atoms with Crippen molar-refractivity contribution in [1.29, 1.82) is 0 Å². The third-order valence-corrected chi connectivity index (χ3v) is 3.23. The number of nitrogens with zero attached hydrogens (tertiary/aromatic N) is 3. The molecule has 0 atom stereocenters. The topological polar surface area (TPSA) is 41.0 Å². The lowest BCUT2D eigenvalue weighted by Crippen LogP contribution is -2.26. The van der Waals surface area contributed by atoms with Gasteiger partial charge in [0.15, 0.2) is 0 Å². The molecule has 0 amide bonds. The maximum Gasteiger partial charge on any atom is 0.222 e. The first-order valence-corrected chi connectivity index (χ1v) is 6.98. The van der Waals surface area contributed by atoms with E-state index in [1.165, 1.54) is 5.56 Å². The van der Waals surface area contributed by atoms with E-state index in [0.29, 0.717) is 0 Å². The Morgan fingerprint density at radius 3 is 2.90 bits per heavy atom. The first-order valence-electron chi connectivity index (χ1n) is 6.60. The van der Waals surface area contributed by atoms with Crippen LogP contribution in [0.15, 0.2) is 36.5 Å². The third-order valence-electron chi connectivity index (χ3n) is 3.04. The van der Waals surface area contributed by atoms with Crippen LogP contribution < -0.4 is 5.32 Å². The maximum absolute atomic E-state index is 5.84.